The predicted octanol–water partition coefficient (Wildman–Crippen LogP) is 4.13. The second kappa shape index (κ2) is 8.06. The number of imidazole rings is 1. The molecule has 6 nitrogen and oxygen atoms in total. The fraction of sp³-hybridized carbons (Fsp3) is 0.333. The molecule has 2 amide bonds. The average Bonchev–Trinajstić information content (AvgIpc) is 3.47. The van der Waals surface area contributed by atoms with Crippen molar-refractivity contribution in [2.24, 2.45) is 7.05 Å². The van der Waals surface area contributed by atoms with Crippen LogP contribution in [0.15, 0.2) is 54.2 Å². The molecule has 3 aromatic rings. The third-order valence-electron chi connectivity index (χ3n) is 5.22. The number of rotatable bonds is 5. The molecule has 1 fully saturated rings. The molecule has 146 valence electrons. The van der Waals surface area contributed by atoms with Gasteiger partial charge in [-0.1, -0.05) is 18.2 Å². The molecule has 28 heavy (non-hydrogen) atoms. The van der Waals surface area contributed by atoms with Gasteiger partial charge in [0, 0.05) is 30.9 Å². The Kier molecular flexibility index (Phi) is 5.34. The molecule has 0 aliphatic carbocycles. The lowest BCUT2D eigenvalue weighted by atomic mass is 10.1. The number of ether oxygens (including phenoxy) is 1. The van der Waals surface area contributed by atoms with E-state index in [0.717, 1.165) is 36.5 Å². The van der Waals surface area contributed by atoms with Crippen LogP contribution in [-0.2, 0) is 7.05 Å². The van der Waals surface area contributed by atoms with Gasteiger partial charge < -0.3 is 19.5 Å². The van der Waals surface area contributed by atoms with Crippen LogP contribution in [0.25, 0.3) is 0 Å². The van der Waals surface area contributed by atoms with Gasteiger partial charge in [0.15, 0.2) is 0 Å². The molecule has 2 atom stereocenters. The SMILES string of the molecule is COc1ccc(C(NC(=O)N2CCCC2c2cccs2)c2nccn2C)cc1. The first-order chi connectivity index (χ1) is 13.7. The van der Waals surface area contributed by atoms with E-state index in [0.29, 0.717) is 0 Å². The minimum atomic E-state index is -0.331. The smallest absolute Gasteiger partial charge is 0.318 e. The normalized spacial score (nSPS) is 17.5. The van der Waals surface area contributed by atoms with Gasteiger partial charge in [0.1, 0.15) is 17.6 Å². The number of hydrogen-bond acceptors (Lipinski definition) is 4. The third kappa shape index (κ3) is 3.62. The lowest BCUT2D eigenvalue weighted by Crippen LogP contribution is -2.42. The Morgan fingerprint density at radius 1 is 1.32 bits per heavy atom. The maximum Gasteiger partial charge on any atom is 0.318 e. The van der Waals surface area contributed by atoms with Gasteiger partial charge >= 0.3 is 6.03 Å². The zero-order chi connectivity index (χ0) is 19.5. The Morgan fingerprint density at radius 3 is 2.79 bits per heavy atom. The van der Waals surface area contributed by atoms with Crippen LogP contribution in [0.3, 0.4) is 0 Å². The molecule has 4 rings (SSSR count). The van der Waals surface area contributed by atoms with Gasteiger partial charge in [0.2, 0.25) is 0 Å². The molecular weight excluding hydrogens is 372 g/mol. The Morgan fingerprint density at radius 2 is 2.14 bits per heavy atom. The number of amides is 2. The zero-order valence-corrected chi connectivity index (χ0v) is 16.9. The van der Waals surface area contributed by atoms with E-state index in [1.807, 2.05) is 53.0 Å². The van der Waals surface area contributed by atoms with Crippen molar-refractivity contribution in [3.05, 3.63) is 70.4 Å². The van der Waals surface area contributed by atoms with Gasteiger partial charge in [-0.25, -0.2) is 9.78 Å². The lowest BCUT2D eigenvalue weighted by molar-refractivity contribution is 0.190. The summed E-state index contributed by atoms with van der Waals surface area (Å²) in [4.78, 5) is 20.9. The maximum absolute atomic E-state index is 13.2. The molecule has 1 aromatic carbocycles. The van der Waals surface area contributed by atoms with E-state index in [2.05, 4.69) is 21.7 Å². The second-order valence-electron chi connectivity index (χ2n) is 6.92. The molecule has 0 saturated carbocycles. The summed E-state index contributed by atoms with van der Waals surface area (Å²) in [5, 5.41) is 5.28. The molecule has 1 aliphatic rings. The van der Waals surface area contributed by atoms with Crippen molar-refractivity contribution in [3.8, 4) is 5.75 Å². The zero-order valence-electron chi connectivity index (χ0n) is 16.0. The number of thiophene rings is 1. The first kappa shape index (κ1) is 18.6. The highest BCUT2D eigenvalue weighted by Gasteiger charge is 2.32. The van der Waals surface area contributed by atoms with Crippen molar-refractivity contribution in [3.63, 3.8) is 0 Å². The van der Waals surface area contributed by atoms with E-state index in [4.69, 9.17) is 4.74 Å². The minimum absolute atomic E-state index is 0.0558. The summed E-state index contributed by atoms with van der Waals surface area (Å²) in [5.74, 6) is 1.58. The molecule has 7 heteroatoms. The number of nitrogens with zero attached hydrogens (tertiary/aromatic N) is 3. The monoisotopic (exact) mass is 396 g/mol. The molecule has 1 N–H and O–H groups in total. The number of methoxy groups -OCH3 is 1. The van der Waals surface area contributed by atoms with Gasteiger partial charge in [0.25, 0.3) is 0 Å². The van der Waals surface area contributed by atoms with Gasteiger partial charge in [-0.05, 0) is 42.0 Å². The number of carbonyl (C=O) groups excluding carboxylic acids is 1. The Labute approximate surface area is 168 Å². The van der Waals surface area contributed by atoms with Crippen molar-refractivity contribution in [1.29, 1.82) is 0 Å². The van der Waals surface area contributed by atoms with Gasteiger partial charge in [-0.2, -0.15) is 0 Å². The number of urea groups is 1. The first-order valence-electron chi connectivity index (χ1n) is 9.39. The average molecular weight is 397 g/mol. The summed E-state index contributed by atoms with van der Waals surface area (Å²) in [7, 11) is 3.58. The van der Waals surface area contributed by atoms with Crippen molar-refractivity contribution >= 4 is 17.4 Å². The molecule has 1 aliphatic heterocycles. The summed E-state index contributed by atoms with van der Waals surface area (Å²) in [6, 6.07) is 11.7. The predicted molar refractivity (Wildman–Crippen MR) is 110 cm³/mol. The van der Waals surface area contributed by atoms with Crippen molar-refractivity contribution in [2.45, 2.75) is 24.9 Å². The number of nitrogens with one attached hydrogen (secondary N) is 1. The Bertz CT molecular complexity index is 920. The van der Waals surface area contributed by atoms with Crippen molar-refractivity contribution in [2.75, 3.05) is 13.7 Å². The summed E-state index contributed by atoms with van der Waals surface area (Å²) in [6.07, 6.45) is 5.67. The number of aromatic nitrogens is 2. The molecule has 2 unspecified atom stereocenters. The van der Waals surface area contributed by atoms with E-state index < -0.39 is 0 Å². The summed E-state index contributed by atoms with van der Waals surface area (Å²) in [5.41, 5.74) is 0.968. The van der Waals surface area contributed by atoms with Crippen LogP contribution in [0.5, 0.6) is 5.75 Å². The molecular formula is C21H24N4O2S. The van der Waals surface area contributed by atoms with E-state index >= 15 is 0 Å². The summed E-state index contributed by atoms with van der Waals surface area (Å²) in [6.45, 7) is 0.768. The highest BCUT2D eigenvalue weighted by atomic mass is 32.1. The highest BCUT2D eigenvalue weighted by Crippen LogP contribution is 2.35. The summed E-state index contributed by atoms with van der Waals surface area (Å²) >= 11 is 1.71. The Hall–Kier alpha value is -2.80. The molecule has 0 radical (unpaired) electrons. The van der Waals surface area contributed by atoms with Crippen molar-refractivity contribution < 1.29 is 9.53 Å². The molecule has 0 bridgehead atoms. The Balaban J connectivity index is 1.60. The lowest BCUT2D eigenvalue weighted by Gasteiger charge is -2.27. The quantitative estimate of drug-likeness (QED) is 0.706. The highest BCUT2D eigenvalue weighted by molar-refractivity contribution is 7.10. The standard InChI is InChI=1S/C21H24N4O2S/c1-24-13-11-22-20(24)19(15-7-9-16(27-2)10-8-15)23-21(26)25-12-3-5-17(25)18-6-4-14-28-18/h4,6-11,13-14,17,19H,3,5,12H2,1-2H3,(H,23,26). The van der Waals surface area contributed by atoms with Gasteiger partial charge in [-0.3, -0.25) is 0 Å². The second-order valence-corrected chi connectivity index (χ2v) is 7.90. The third-order valence-corrected chi connectivity index (χ3v) is 6.19. The molecule has 2 aromatic heterocycles. The van der Waals surface area contributed by atoms with Crippen LogP contribution in [-0.4, -0.2) is 34.1 Å². The van der Waals surface area contributed by atoms with Crippen LogP contribution in [0.2, 0.25) is 0 Å². The van der Waals surface area contributed by atoms with E-state index in [-0.39, 0.29) is 18.1 Å². The van der Waals surface area contributed by atoms with Crippen LogP contribution in [0, 0.1) is 0 Å². The number of likely N-dealkylation sites (tertiary alicyclic amines) is 1. The first-order valence-corrected chi connectivity index (χ1v) is 10.3. The fourth-order valence-electron chi connectivity index (χ4n) is 3.74. The van der Waals surface area contributed by atoms with Crippen LogP contribution < -0.4 is 10.1 Å². The number of carbonyl (C=O) groups is 1. The topological polar surface area (TPSA) is 59.4 Å². The number of aryl methyl sites for hydroxylation is 1. The van der Waals surface area contributed by atoms with Crippen LogP contribution in [0.1, 0.15) is 41.2 Å². The van der Waals surface area contributed by atoms with E-state index in [1.165, 1.54) is 4.88 Å². The molecule has 1 saturated heterocycles. The summed E-state index contributed by atoms with van der Waals surface area (Å²) < 4.78 is 7.21. The fourth-order valence-corrected chi connectivity index (χ4v) is 4.62. The van der Waals surface area contributed by atoms with Gasteiger partial charge in [0.05, 0.1) is 13.2 Å². The van der Waals surface area contributed by atoms with E-state index in [1.54, 1.807) is 24.6 Å². The van der Waals surface area contributed by atoms with Crippen LogP contribution >= 0.6 is 11.3 Å². The molecule has 3 heterocycles. The largest absolute Gasteiger partial charge is 0.497 e. The van der Waals surface area contributed by atoms with Crippen LogP contribution in [0.4, 0.5) is 4.79 Å². The van der Waals surface area contributed by atoms with Crippen molar-refractivity contribution in [1.82, 2.24) is 19.8 Å². The number of hydrogen-bond donors (Lipinski definition) is 1. The van der Waals surface area contributed by atoms with Gasteiger partial charge in [-0.15, -0.1) is 11.3 Å². The van der Waals surface area contributed by atoms with E-state index in [9.17, 15) is 4.79 Å². The minimum Gasteiger partial charge on any atom is -0.497 e. The molecule has 0 spiro atoms. The number of benzene rings is 1. The maximum atomic E-state index is 13.2.